The molecule has 0 radical (unpaired) electrons. The van der Waals surface area contributed by atoms with Gasteiger partial charge in [-0.1, -0.05) is 82.1 Å². The minimum absolute atomic E-state index is 0.0535. The lowest BCUT2D eigenvalue weighted by Crippen LogP contribution is -2.37. The number of carbonyl (C=O) groups is 1. The Morgan fingerprint density at radius 2 is 1.43 bits per heavy atom. The summed E-state index contributed by atoms with van der Waals surface area (Å²) in [4.78, 5) is 22.9. The molecule has 0 saturated heterocycles. The van der Waals surface area contributed by atoms with Gasteiger partial charge in [-0.05, 0) is 39.0 Å². The number of hydrogen-bond acceptors (Lipinski definition) is 5. The Morgan fingerprint density at radius 1 is 0.892 bits per heavy atom. The van der Waals surface area contributed by atoms with E-state index in [0.29, 0.717) is 23.9 Å². The molecular formula is C29H55NO6P+. The van der Waals surface area contributed by atoms with Crippen LogP contribution in [-0.2, 0) is 23.1 Å². The van der Waals surface area contributed by atoms with Crippen molar-refractivity contribution in [1.29, 1.82) is 0 Å². The molecule has 7 nitrogen and oxygen atoms in total. The SMILES string of the molecule is CC1C/C=C/CC/C=C\CCCCCCCCCCCC[C@@H](OP(=O)(O)OCC[N+](C)(C)C)CC(=O)O1. The van der Waals surface area contributed by atoms with Crippen molar-refractivity contribution >= 4 is 13.8 Å². The normalized spacial score (nSPS) is 26.8. The van der Waals surface area contributed by atoms with Crippen molar-refractivity contribution in [2.75, 3.05) is 34.3 Å². The van der Waals surface area contributed by atoms with E-state index in [1.165, 1.54) is 51.4 Å². The number of carbonyl (C=O) groups excluding carboxylic acids is 1. The van der Waals surface area contributed by atoms with Gasteiger partial charge in [-0.25, -0.2) is 4.57 Å². The number of likely N-dealkylation sites (N-methyl/N-ethyl adjacent to an activating group) is 1. The average Bonchev–Trinajstić information content (AvgIpc) is 2.78. The summed E-state index contributed by atoms with van der Waals surface area (Å²) in [5.41, 5.74) is 0. The molecule has 37 heavy (non-hydrogen) atoms. The molecule has 1 rings (SSSR count). The van der Waals surface area contributed by atoms with Gasteiger partial charge in [0.2, 0.25) is 0 Å². The maximum absolute atomic E-state index is 12.6. The molecule has 0 bridgehead atoms. The van der Waals surface area contributed by atoms with Crippen LogP contribution >= 0.6 is 7.82 Å². The zero-order chi connectivity index (χ0) is 27.4. The van der Waals surface area contributed by atoms with E-state index >= 15 is 0 Å². The van der Waals surface area contributed by atoms with Crippen LogP contribution in [0.1, 0.15) is 110 Å². The minimum Gasteiger partial charge on any atom is -0.462 e. The summed E-state index contributed by atoms with van der Waals surface area (Å²) in [6.07, 6.45) is 24.0. The molecule has 0 saturated carbocycles. The molecule has 3 atom stereocenters. The van der Waals surface area contributed by atoms with Gasteiger partial charge >= 0.3 is 13.8 Å². The number of phosphoric acid groups is 1. The molecule has 0 aromatic rings. The fourth-order valence-corrected chi connectivity index (χ4v) is 5.16. The van der Waals surface area contributed by atoms with Gasteiger partial charge in [-0.3, -0.25) is 13.8 Å². The molecule has 0 aromatic heterocycles. The number of quaternary nitrogens is 1. The van der Waals surface area contributed by atoms with Crippen LogP contribution in [0.4, 0.5) is 0 Å². The van der Waals surface area contributed by atoms with E-state index in [4.69, 9.17) is 13.8 Å². The van der Waals surface area contributed by atoms with Crippen molar-refractivity contribution in [2.45, 2.75) is 122 Å². The van der Waals surface area contributed by atoms with Gasteiger partial charge in [0.15, 0.2) is 0 Å². The van der Waals surface area contributed by atoms with Gasteiger partial charge in [0.25, 0.3) is 0 Å². The minimum atomic E-state index is -4.26. The number of allylic oxidation sites excluding steroid dienone is 3. The number of hydrogen-bond donors (Lipinski definition) is 1. The predicted molar refractivity (Wildman–Crippen MR) is 151 cm³/mol. The number of esters is 1. The smallest absolute Gasteiger partial charge is 0.462 e. The van der Waals surface area contributed by atoms with E-state index in [-0.39, 0.29) is 19.1 Å². The van der Waals surface area contributed by atoms with Crippen molar-refractivity contribution in [3.8, 4) is 0 Å². The lowest BCUT2D eigenvalue weighted by molar-refractivity contribution is -0.870. The Bertz CT molecular complexity index is 703. The maximum Gasteiger partial charge on any atom is 0.472 e. The van der Waals surface area contributed by atoms with Crippen molar-refractivity contribution in [3.63, 3.8) is 0 Å². The molecule has 1 aliphatic heterocycles. The van der Waals surface area contributed by atoms with E-state index in [1.807, 2.05) is 28.1 Å². The van der Waals surface area contributed by atoms with Gasteiger partial charge in [0.05, 0.1) is 33.7 Å². The summed E-state index contributed by atoms with van der Waals surface area (Å²) >= 11 is 0. The molecule has 1 aliphatic rings. The Hall–Kier alpha value is -0.980. The quantitative estimate of drug-likeness (QED) is 0.161. The highest BCUT2D eigenvalue weighted by atomic mass is 31.2. The summed E-state index contributed by atoms with van der Waals surface area (Å²) in [6, 6.07) is 0. The molecule has 0 aliphatic carbocycles. The van der Waals surface area contributed by atoms with Crippen LogP contribution in [0.2, 0.25) is 0 Å². The summed E-state index contributed by atoms with van der Waals surface area (Å²) in [5.74, 6) is -0.408. The number of phosphoric ester groups is 1. The van der Waals surface area contributed by atoms with Gasteiger partial charge in [0.1, 0.15) is 19.3 Å². The monoisotopic (exact) mass is 544 g/mol. The van der Waals surface area contributed by atoms with Crippen LogP contribution < -0.4 is 0 Å². The van der Waals surface area contributed by atoms with Gasteiger partial charge in [-0.15, -0.1) is 0 Å². The average molecular weight is 545 g/mol. The Labute approximate surface area is 226 Å². The third kappa shape index (κ3) is 21.6. The largest absolute Gasteiger partial charge is 0.472 e. The third-order valence-corrected chi connectivity index (χ3v) is 7.55. The van der Waals surface area contributed by atoms with Crippen molar-refractivity contribution in [3.05, 3.63) is 24.3 Å². The van der Waals surface area contributed by atoms with Gasteiger partial charge in [-0.2, -0.15) is 0 Å². The molecule has 0 spiro atoms. The number of nitrogens with zero attached hydrogens (tertiary/aromatic N) is 1. The summed E-state index contributed by atoms with van der Waals surface area (Å²) in [7, 11) is 1.68. The first kappa shape index (κ1) is 34.0. The first-order chi connectivity index (χ1) is 17.6. The van der Waals surface area contributed by atoms with E-state index in [1.54, 1.807) is 0 Å². The van der Waals surface area contributed by atoms with Crippen LogP contribution in [-0.4, -0.2) is 61.8 Å². The van der Waals surface area contributed by atoms with E-state index in [0.717, 1.165) is 32.1 Å². The Balaban J connectivity index is 2.65. The molecule has 1 heterocycles. The van der Waals surface area contributed by atoms with Gasteiger partial charge < -0.3 is 14.1 Å². The second-order valence-electron chi connectivity index (χ2n) is 11.4. The fourth-order valence-electron chi connectivity index (χ4n) is 4.23. The molecular weight excluding hydrogens is 489 g/mol. The number of ether oxygens (including phenoxy) is 1. The molecule has 0 fully saturated rings. The molecule has 0 amide bonds. The zero-order valence-electron chi connectivity index (χ0n) is 24.1. The highest BCUT2D eigenvalue weighted by Gasteiger charge is 2.29. The predicted octanol–water partition coefficient (Wildman–Crippen LogP) is 7.49. The summed E-state index contributed by atoms with van der Waals surface area (Å²) < 4.78 is 29.4. The van der Waals surface area contributed by atoms with E-state index in [2.05, 4.69) is 24.3 Å². The number of rotatable bonds is 6. The lowest BCUT2D eigenvalue weighted by atomic mass is 10.0. The first-order valence-corrected chi connectivity index (χ1v) is 16.0. The lowest BCUT2D eigenvalue weighted by Gasteiger charge is -2.25. The Morgan fingerprint density at radius 3 is 2.05 bits per heavy atom. The number of cyclic esters (lactones) is 1. The van der Waals surface area contributed by atoms with Crippen LogP contribution in [0.25, 0.3) is 0 Å². The van der Waals surface area contributed by atoms with Crippen LogP contribution in [0.3, 0.4) is 0 Å². The molecule has 216 valence electrons. The highest BCUT2D eigenvalue weighted by molar-refractivity contribution is 7.47. The molecule has 0 aromatic carbocycles. The van der Waals surface area contributed by atoms with Crippen LogP contribution in [0.5, 0.6) is 0 Å². The maximum atomic E-state index is 12.6. The highest BCUT2D eigenvalue weighted by Crippen LogP contribution is 2.45. The topological polar surface area (TPSA) is 82.1 Å². The first-order valence-electron chi connectivity index (χ1n) is 14.5. The molecule has 8 heteroatoms. The van der Waals surface area contributed by atoms with E-state index < -0.39 is 19.9 Å². The van der Waals surface area contributed by atoms with Crippen molar-refractivity contribution < 1.29 is 32.5 Å². The molecule has 2 unspecified atom stereocenters. The zero-order valence-corrected chi connectivity index (χ0v) is 25.0. The van der Waals surface area contributed by atoms with Crippen LogP contribution in [0.15, 0.2) is 24.3 Å². The second kappa shape index (κ2) is 20.0. The second-order valence-corrected chi connectivity index (χ2v) is 12.8. The van der Waals surface area contributed by atoms with Gasteiger partial charge in [0, 0.05) is 6.42 Å². The van der Waals surface area contributed by atoms with Crippen LogP contribution in [0, 0.1) is 0 Å². The van der Waals surface area contributed by atoms with E-state index in [9.17, 15) is 14.3 Å². The summed E-state index contributed by atoms with van der Waals surface area (Å²) in [5, 5.41) is 0. The van der Waals surface area contributed by atoms with Crippen molar-refractivity contribution in [2.24, 2.45) is 0 Å². The third-order valence-electron chi connectivity index (χ3n) is 6.47. The Kier molecular flexibility index (Phi) is 18.4. The molecule has 1 N–H and O–H groups in total. The van der Waals surface area contributed by atoms with Crippen molar-refractivity contribution in [1.82, 2.24) is 0 Å². The fraction of sp³-hybridized carbons (Fsp3) is 0.828. The standard InChI is InChI=1S/C29H54NO6P/c1-27-22-20-18-16-14-12-10-8-6-5-7-9-11-13-15-17-19-21-23-28(26-29(31)35-27)36-37(32,33)34-25-24-30(2,3)4/h10,12,18,20,27-28H,5-9,11,13-17,19,21-26H2,1-4H3/p+1/b12-10-,20-18+/t27?,28-/m1/s1. The summed E-state index contributed by atoms with van der Waals surface area (Å²) in [6.45, 7) is 2.54.